The Morgan fingerprint density at radius 1 is 1.53 bits per heavy atom. The lowest BCUT2D eigenvalue weighted by molar-refractivity contribution is -0.122. The highest BCUT2D eigenvalue weighted by atomic mass is 35.5. The molecule has 1 aromatic rings. The van der Waals surface area contributed by atoms with Gasteiger partial charge in [0.1, 0.15) is 0 Å². The molecule has 108 valence electrons. The number of carbonyl (C=O) groups is 1. The van der Waals surface area contributed by atoms with Gasteiger partial charge in [-0.1, -0.05) is 6.07 Å². The molecule has 0 aromatic carbocycles. The Kier molecular flexibility index (Phi) is 8.72. The molecular weight excluding hydrogens is 285 g/mol. The lowest BCUT2D eigenvalue weighted by Crippen LogP contribution is -2.29. The van der Waals surface area contributed by atoms with Gasteiger partial charge in [-0.15, -0.1) is 24.8 Å². The quantitative estimate of drug-likeness (QED) is 0.896. The normalized spacial score (nSPS) is 18.9. The summed E-state index contributed by atoms with van der Waals surface area (Å²) in [7, 11) is 0. The number of carbonyl (C=O) groups excluding carboxylic acids is 1. The molecule has 1 saturated heterocycles. The smallest absolute Gasteiger partial charge is 0.220 e. The molecule has 2 atom stereocenters. The van der Waals surface area contributed by atoms with Crippen LogP contribution in [0.15, 0.2) is 24.4 Å². The number of rotatable bonds is 4. The molecule has 1 fully saturated rings. The summed E-state index contributed by atoms with van der Waals surface area (Å²) in [5.74, 6) is 0.614. The van der Waals surface area contributed by atoms with Crippen LogP contribution in [0.5, 0.6) is 0 Å². The van der Waals surface area contributed by atoms with Gasteiger partial charge in [-0.3, -0.25) is 9.78 Å². The van der Waals surface area contributed by atoms with Crippen molar-refractivity contribution in [1.29, 1.82) is 0 Å². The van der Waals surface area contributed by atoms with Gasteiger partial charge in [-0.05, 0) is 44.5 Å². The first-order chi connectivity index (χ1) is 8.25. The van der Waals surface area contributed by atoms with E-state index in [2.05, 4.69) is 15.6 Å². The number of nitrogens with zero attached hydrogens (tertiary/aromatic N) is 1. The standard InChI is InChI=1S/C13H19N3O.2ClH/c1-10(12-4-2-3-6-15-12)16-13(17)8-11-5-7-14-9-11;;/h2-4,6,10-11,14H,5,7-9H2,1H3,(H,16,17);2*1H. The number of hydrogen-bond acceptors (Lipinski definition) is 3. The van der Waals surface area contributed by atoms with Gasteiger partial charge in [0.2, 0.25) is 5.91 Å². The van der Waals surface area contributed by atoms with E-state index in [4.69, 9.17) is 0 Å². The largest absolute Gasteiger partial charge is 0.348 e. The van der Waals surface area contributed by atoms with E-state index >= 15 is 0 Å². The fourth-order valence-electron chi connectivity index (χ4n) is 2.16. The maximum atomic E-state index is 11.8. The first-order valence-corrected chi connectivity index (χ1v) is 6.16. The molecule has 19 heavy (non-hydrogen) atoms. The minimum Gasteiger partial charge on any atom is -0.348 e. The second kappa shape index (κ2) is 9.13. The molecular formula is C13H21Cl2N3O. The van der Waals surface area contributed by atoms with Crippen molar-refractivity contribution in [3.63, 3.8) is 0 Å². The molecule has 6 heteroatoms. The van der Waals surface area contributed by atoms with Crippen molar-refractivity contribution in [3.05, 3.63) is 30.1 Å². The molecule has 1 aliphatic rings. The zero-order valence-corrected chi connectivity index (χ0v) is 12.6. The van der Waals surface area contributed by atoms with Crippen LogP contribution in [-0.2, 0) is 4.79 Å². The van der Waals surface area contributed by atoms with Gasteiger partial charge in [0.15, 0.2) is 0 Å². The predicted octanol–water partition coefficient (Wildman–Crippen LogP) is 2.10. The number of amides is 1. The fraction of sp³-hybridized carbons (Fsp3) is 0.538. The molecule has 2 unspecified atom stereocenters. The van der Waals surface area contributed by atoms with Crippen LogP contribution in [0.3, 0.4) is 0 Å². The van der Waals surface area contributed by atoms with Crippen LogP contribution in [0.25, 0.3) is 0 Å². The molecule has 0 spiro atoms. The summed E-state index contributed by atoms with van der Waals surface area (Å²) in [6.45, 7) is 3.96. The zero-order valence-electron chi connectivity index (χ0n) is 11.0. The van der Waals surface area contributed by atoms with Crippen molar-refractivity contribution >= 4 is 30.7 Å². The third-order valence-corrected chi connectivity index (χ3v) is 3.15. The second-order valence-corrected chi connectivity index (χ2v) is 4.61. The van der Waals surface area contributed by atoms with Gasteiger partial charge in [-0.25, -0.2) is 0 Å². The van der Waals surface area contributed by atoms with Crippen LogP contribution in [0.1, 0.15) is 31.5 Å². The number of aromatic nitrogens is 1. The predicted molar refractivity (Wildman–Crippen MR) is 80.9 cm³/mol. The summed E-state index contributed by atoms with van der Waals surface area (Å²) in [4.78, 5) is 16.1. The van der Waals surface area contributed by atoms with Crippen LogP contribution in [-0.4, -0.2) is 24.0 Å². The van der Waals surface area contributed by atoms with Gasteiger partial charge in [0.25, 0.3) is 0 Å². The highest BCUT2D eigenvalue weighted by molar-refractivity contribution is 5.85. The van der Waals surface area contributed by atoms with Crippen LogP contribution < -0.4 is 10.6 Å². The maximum absolute atomic E-state index is 11.8. The lowest BCUT2D eigenvalue weighted by atomic mass is 10.0. The van der Waals surface area contributed by atoms with Gasteiger partial charge in [-0.2, -0.15) is 0 Å². The van der Waals surface area contributed by atoms with Crippen molar-refractivity contribution in [2.24, 2.45) is 5.92 Å². The van der Waals surface area contributed by atoms with Crippen molar-refractivity contribution in [3.8, 4) is 0 Å². The minimum atomic E-state index is -0.0157. The summed E-state index contributed by atoms with van der Waals surface area (Å²) in [6, 6.07) is 5.73. The van der Waals surface area contributed by atoms with Crippen LogP contribution >= 0.6 is 24.8 Å². The van der Waals surface area contributed by atoms with E-state index in [1.165, 1.54) is 0 Å². The monoisotopic (exact) mass is 305 g/mol. The van der Waals surface area contributed by atoms with Crippen LogP contribution in [0.4, 0.5) is 0 Å². The Bertz CT molecular complexity index is 369. The average Bonchev–Trinajstić information content (AvgIpc) is 2.82. The Labute approximate surface area is 126 Å². The average molecular weight is 306 g/mol. The van der Waals surface area contributed by atoms with Gasteiger partial charge < -0.3 is 10.6 Å². The highest BCUT2D eigenvalue weighted by Gasteiger charge is 2.19. The van der Waals surface area contributed by atoms with E-state index in [1.54, 1.807) is 6.20 Å². The zero-order chi connectivity index (χ0) is 12.1. The number of hydrogen-bond donors (Lipinski definition) is 2. The molecule has 2 heterocycles. The molecule has 2 rings (SSSR count). The van der Waals surface area contributed by atoms with Crippen molar-refractivity contribution in [2.75, 3.05) is 13.1 Å². The van der Waals surface area contributed by atoms with Crippen molar-refractivity contribution in [2.45, 2.75) is 25.8 Å². The first-order valence-electron chi connectivity index (χ1n) is 6.16. The molecule has 0 bridgehead atoms. The minimum absolute atomic E-state index is 0. The summed E-state index contributed by atoms with van der Waals surface area (Å²) in [5, 5.41) is 6.26. The molecule has 1 aromatic heterocycles. The molecule has 0 aliphatic carbocycles. The number of pyridine rings is 1. The lowest BCUT2D eigenvalue weighted by Gasteiger charge is -2.15. The molecule has 1 aliphatic heterocycles. The Balaban J connectivity index is 0.00000162. The SMILES string of the molecule is CC(NC(=O)CC1CCNC1)c1ccccn1.Cl.Cl. The van der Waals surface area contributed by atoms with E-state index in [-0.39, 0.29) is 36.8 Å². The molecule has 4 nitrogen and oxygen atoms in total. The highest BCUT2D eigenvalue weighted by Crippen LogP contribution is 2.14. The third kappa shape index (κ3) is 5.76. The summed E-state index contributed by atoms with van der Waals surface area (Å²) in [6.07, 6.45) is 3.47. The number of nitrogens with one attached hydrogen (secondary N) is 2. The van der Waals surface area contributed by atoms with Gasteiger partial charge in [0, 0.05) is 12.6 Å². The fourth-order valence-corrected chi connectivity index (χ4v) is 2.16. The van der Waals surface area contributed by atoms with Crippen LogP contribution in [0.2, 0.25) is 0 Å². The Morgan fingerprint density at radius 3 is 2.89 bits per heavy atom. The maximum Gasteiger partial charge on any atom is 0.220 e. The Morgan fingerprint density at radius 2 is 2.32 bits per heavy atom. The van der Waals surface area contributed by atoms with E-state index in [0.29, 0.717) is 12.3 Å². The summed E-state index contributed by atoms with van der Waals surface area (Å²) < 4.78 is 0. The topological polar surface area (TPSA) is 54.0 Å². The van der Waals surface area contributed by atoms with Gasteiger partial charge in [0.05, 0.1) is 11.7 Å². The van der Waals surface area contributed by atoms with Crippen LogP contribution in [0, 0.1) is 5.92 Å². The summed E-state index contributed by atoms with van der Waals surface area (Å²) >= 11 is 0. The molecule has 0 saturated carbocycles. The summed E-state index contributed by atoms with van der Waals surface area (Å²) in [5.41, 5.74) is 0.908. The molecule has 2 N–H and O–H groups in total. The van der Waals surface area contributed by atoms with Gasteiger partial charge >= 0.3 is 0 Å². The van der Waals surface area contributed by atoms with E-state index in [9.17, 15) is 4.79 Å². The first kappa shape index (κ1) is 18.2. The number of halogens is 2. The third-order valence-electron chi connectivity index (χ3n) is 3.15. The molecule has 1 amide bonds. The van der Waals surface area contributed by atoms with E-state index in [1.807, 2.05) is 25.1 Å². The Hall–Kier alpha value is -0.840. The van der Waals surface area contributed by atoms with Crippen molar-refractivity contribution < 1.29 is 4.79 Å². The van der Waals surface area contributed by atoms with E-state index in [0.717, 1.165) is 25.2 Å². The van der Waals surface area contributed by atoms with Crippen molar-refractivity contribution in [1.82, 2.24) is 15.6 Å². The second-order valence-electron chi connectivity index (χ2n) is 4.61. The molecule has 0 radical (unpaired) electrons. The van der Waals surface area contributed by atoms with E-state index < -0.39 is 0 Å².